The third kappa shape index (κ3) is 4.00. The number of amides is 2. The van der Waals surface area contributed by atoms with Crippen LogP contribution in [0.5, 0.6) is 0 Å². The molecule has 1 saturated heterocycles. The highest BCUT2D eigenvalue weighted by molar-refractivity contribution is 5.89. The molecule has 0 aromatic heterocycles. The van der Waals surface area contributed by atoms with E-state index < -0.39 is 17.6 Å². The van der Waals surface area contributed by atoms with Crippen LogP contribution in [0.25, 0.3) is 0 Å². The maximum atomic E-state index is 13.5. The van der Waals surface area contributed by atoms with Gasteiger partial charge >= 0.3 is 0 Å². The lowest BCUT2D eigenvalue weighted by Gasteiger charge is -2.15. The zero-order valence-electron chi connectivity index (χ0n) is 12.3. The summed E-state index contributed by atoms with van der Waals surface area (Å²) in [6, 6.07) is 3.19. The molecular weight excluding hydrogens is 294 g/mol. The second-order valence-corrected chi connectivity index (χ2v) is 5.19. The summed E-state index contributed by atoms with van der Waals surface area (Å²) in [5.74, 6) is -2.22. The van der Waals surface area contributed by atoms with E-state index in [1.165, 1.54) is 6.07 Å². The highest BCUT2D eigenvalue weighted by Gasteiger charge is 2.33. The van der Waals surface area contributed by atoms with Crippen molar-refractivity contribution in [3.63, 3.8) is 0 Å². The second kappa shape index (κ2) is 7.31. The van der Waals surface area contributed by atoms with Crippen LogP contribution in [0.3, 0.4) is 0 Å². The number of halogens is 2. The molecule has 7 heteroatoms. The molecule has 5 nitrogen and oxygen atoms in total. The number of hydrogen-bond acceptors (Lipinski definition) is 3. The Morgan fingerprint density at radius 3 is 2.91 bits per heavy atom. The molecule has 2 rings (SSSR count). The van der Waals surface area contributed by atoms with Gasteiger partial charge in [-0.15, -0.1) is 0 Å². The number of nitrogens with one attached hydrogen (secondary N) is 1. The number of nitrogens with zero attached hydrogens (tertiary/aromatic N) is 1. The van der Waals surface area contributed by atoms with Crippen LogP contribution in [0.2, 0.25) is 0 Å². The fourth-order valence-corrected chi connectivity index (χ4v) is 2.36. The molecule has 1 aromatic carbocycles. The SMILES string of the molecule is COCCN1CC(C(=O)NCc2ccc(F)cc2F)CC1=O. The average Bonchev–Trinajstić information content (AvgIpc) is 2.85. The smallest absolute Gasteiger partial charge is 0.225 e. The van der Waals surface area contributed by atoms with Crippen LogP contribution in [0.15, 0.2) is 18.2 Å². The lowest BCUT2D eigenvalue weighted by atomic mass is 10.1. The quantitative estimate of drug-likeness (QED) is 0.855. The summed E-state index contributed by atoms with van der Waals surface area (Å²) in [5, 5.41) is 2.59. The molecule has 1 fully saturated rings. The Kier molecular flexibility index (Phi) is 5.43. The summed E-state index contributed by atoms with van der Waals surface area (Å²) >= 11 is 0. The molecule has 1 aliphatic rings. The molecule has 2 amide bonds. The van der Waals surface area contributed by atoms with E-state index in [0.29, 0.717) is 19.7 Å². The standard InChI is InChI=1S/C15H18F2N2O3/c1-22-5-4-19-9-11(6-14(19)20)15(21)18-8-10-2-3-12(16)7-13(10)17/h2-3,7,11H,4-6,8-9H2,1H3,(H,18,21). The normalized spacial score (nSPS) is 17.9. The number of hydrogen-bond donors (Lipinski definition) is 1. The van der Waals surface area contributed by atoms with E-state index in [2.05, 4.69) is 5.32 Å². The summed E-state index contributed by atoms with van der Waals surface area (Å²) in [5.41, 5.74) is 0.204. The van der Waals surface area contributed by atoms with Crippen LogP contribution >= 0.6 is 0 Å². The van der Waals surface area contributed by atoms with E-state index in [1.807, 2.05) is 0 Å². The van der Waals surface area contributed by atoms with Crippen molar-refractivity contribution in [1.29, 1.82) is 0 Å². The predicted molar refractivity (Wildman–Crippen MR) is 74.8 cm³/mol. The first-order valence-electron chi connectivity index (χ1n) is 6.99. The minimum atomic E-state index is -0.704. The number of carbonyl (C=O) groups excluding carboxylic acids is 2. The molecule has 1 aromatic rings. The van der Waals surface area contributed by atoms with Crippen molar-refractivity contribution < 1.29 is 23.1 Å². The van der Waals surface area contributed by atoms with Crippen LogP contribution in [0.4, 0.5) is 8.78 Å². The second-order valence-electron chi connectivity index (χ2n) is 5.19. The van der Waals surface area contributed by atoms with Crippen molar-refractivity contribution in [3.05, 3.63) is 35.4 Å². The molecule has 0 aliphatic carbocycles. The van der Waals surface area contributed by atoms with Gasteiger partial charge in [0.25, 0.3) is 0 Å². The molecule has 0 saturated carbocycles. The Balaban J connectivity index is 1.86. The number of carbonyl (C=O) groups is 2. The van der Waals surface area contributed by atoms with Crippen LogP contribution in [-0.4, -0.2) is 43.5 Å². The maximum Gasteiger partial charge on any atom is 0.225 e. The zero-order valence-corrected chi connectivity index (χ0v) is 12.3. The predicted octanol–water partition coefficient (Wildman–Crippen LogP) is 1.08. The highest BCUT2D eigenvalue weighted by atomic mass is 19.1. The Labute approximate surface area is 127 Å². The van der Waals surface area contributed by atoms with Crippen LogP contribution in [-0.2, 0) is 20.9 Å². The summed E-state index contributed by atoms with van der Waals surface area (Å²) in [4.78, 5) is 25.4. The fraction of sp³-hybridized carbons (Fsp3) is 0.467. The molecule has 1 atom stereocenters. The fourth-order valence-electron chi connectivity index (χ4n) is 2.36. The van der Waals surface area contributed by atoms with Gasteiger partial charge in [-0.2, -0.15) is 0 Å². The van der Waals surface area contributed by atoms with Gasteiger partial charge in [0.05, 0.1) is 12.5 Å². The Morgan fingerprint density at radius 1 is 1.45 bits per heavy atom. The molecule has 0 spiro atoms. The minimum Gasteiger partial charge on any atom is -0.383 e. The van der Waals surface area contributed by atoms with Crippen molar-refractivity contribution in [2.75, 3.05) is 26.8 Å². The Hall–Kier alpha value is -2.02. The van der Waals surface area contributed by atoms with Gasteiger partial charge in [-0.1, -0.05) is 6.07 Å². The largest absolute Gasteiger partial charge is 0.383 e. The molecule has 120 valence electrons. The van der Waals surface area contributed by atoms with Crippen LogP contribution < -0.4 is 5.32 Å². The molecule has 0 bridgehead atoms. The van der Waals surface area contributed by atoms with Gasteiger partial charge in [0, 0.05) is 44.8 Å². The molecule has 1 aliphatic heterocycles. The van der Waals surface area contributed by atoms with Crippen molar-refractivity contribution in [2.45, 2.75) is 13.0 Å². The molecule has 1 N–H and O–H groups in total. The molecule has 0 radical (unpaired) electrons. The van der Waals surface area contributed by atoms with Crippen molar-refractivity contribution in [1.82, 2.24) is 10.2 Å². The summed E-state index contributed by atoms with van der Waals surface area (Å²) in [7, 11) is 1.54. The lowest BCUT2D eigenvalue weighted by molar-refractivity contribution is -0.129. The highest BCUT2D eigenvalue weighted by Crippen LogP contribution is 2.18. The first kappa shape index (κ1) is 16.4. The number of rotatable bonds is 6. The van der Waals surface area contributed by atoms with Gasteiger partial charge in [-0.25, -0.2) is 8.78 Å². The lowest BCUT2D eigenvalue weighted by Crippen LogP contribution is -2.33. The van der Waals surface area contributed by atoms with E-state index >= 15 is 0 Å². The van der Waals surface area contributed by atoms with Gasteiger partial charge in [-0.05, 0) is 6.07 Å². The zero-order chi connectivity index (χ0) is 16.1. The van der Waals surface area contributed by atoms with Gasteiger partial charge in [0.1, 0.15) is 11.6 Å². The van der Waals surface area contributed by atoms with Crippen molar-refractivity contribution >= 4 is 11.8 Å². The number of benzene rings is 1. The minimum absolute atomic E-state index is 0.0340. The summed E-state index contributed by atoms with van der Waals surface area (Å²) in [6.45, 7) is 1.17. The van der Waals surface area contributed by atoms with Crippen LogP contribution in [0.1, 0.15) is 12.0 Å². The first-order chi connectivity index (χ1) is 10.5. The Morgan fingerprint density at radius 2 is 2.23 bits per heavy atom. The Bertz CT molecular complexity index is 566. The first-order valence-corrected chi connectivity index (χ1v) is 6.99. The van der Waals surface area contributed by atoms with Gasteiger partial charge in [0.15, 0.2) is 0 Å². The number of likely N-dealkylation sites (tertiary alicyclic amines) is 1. The number of ether oxygens (including phenoxy) is 1. The van der Waals surface area contributed by atoms with Crippen molar-refractivity contribution in [2.24, 2.45) is 5.92 Å². The summed E-state index contributed by atoms with van der Waals surface area (Å²) < 4.78 is 31.2. The van der Waals surface area contributed by atoms with E-state index in [4.69, 9.17) is 4.74 Å². The maximum absolute atomic E-state index is 13.5. The topological polar surface area (TPSA) is 58.6 Å². The molecule has 1 unspecified atom stereocenters. The monoisotopic (exact) mass is 312 g/mol. The van der Waals surface area contributed by atoms with E-state index in [0.717, 1.165) is 12.1 Å². The number of methoxy groups -OCH3 is 1. The summed E-state index contributed by atoms with van der Waals surface area (Å²) in [6.07, 6.45) is 0.140. The van der Waals surface area contributed by atoms with E-state index in [-0.39, 0.29) is 30.3 Å². The van der Waals surface area contributed by atoms with Gasteiger partial charge in [0.2, 0.25) is 11.8 Å². The third-order valence-electron chi connectivity index (χ3n) is 3.62. The molecular formula is C15H18F2N2O3. The average molecular weight is 312 g/mol. The van der Waals surface area contributed by atoms with E-state index in [9.17, 15) is 18.4 Å². The van der Waals surface area contributed by atoms with Crippen LogP contribution in [0, 0.1) is 17.6 Å². The molecule has 1 heterocycles. The van der Waals surface area contributed by atoms with E-state index in [1.54, 1.807) is 12.0 Å². The van der Waals surface area contributed by atoms with Crippen molar-refractivity contribution in [3.8, 4) is 0 Å². The van der Waals surface area contributed by atoms with Gasteiger partial charge in [-0.3, -0.25) is 9.59 Å². The third-order valence-corrected chi connectivity index (χ3v) is 3.62. The van der Waals surface area contributed by atoms with Gasteiger partial charge < -0.3 is 15.0 Å². The molecule has 22 heavy (non-hydrogen) atoms.